The molecule has 5 heteroatoms. The lowest BCUT2D eigenvalue weighted by atomic mass is 9.89. The van der Waals surface area contributed by atoms with Crippen LogP contribution in [0.2, 0.25) is 0 Å². The average Bonchev–Trinajstić information content (AvgIpc) is 3.08. The normalized spacial score (nSPS) is 27.6. The third kappa shape index (κ3) is 2.44. The number of esters is 1. The van der Waals surface area contributed by atoms with Crippen LogP contribution in [0.15, 0.2) is 12.3 Å². The van der Waals surface area contributed by atoms with E-state index in [9.17, 15) is 4.79 Å². The van der Waals surface area contributed by atoms with Crippen molar-refractivity contribution in [2.75, 3.05) is 24.7 Å². The Labute approximate surface area is 118 Å². The maximum atomic E-state index is 11.6. The minimum absolute atomic E-state index is 0.349. The van der Waals surface area contributed by atoms with Crippen molar-refractivity contribution in [1.82, 2.24) is 4.98 Å². The molecule has 0 radical (unpaired) electrons. The van der Waals surface area contributed by atoms with Gasteiger partial charge in [0.1, 0.15) is 5.82 Å². The molecule has 0 aromatic carbocycles. The first-order valence-corrected chi connectivity index (χ1v) is 7.25. The predicted octanol–water partition coefficient (Wildman–Crippen LogP) is 2.30. The van der Waals surface area contributed by atoms with Gasteiger partial charge in [0.25, 0.3) is 0 Å². The molecule has 3 rings (SSSR count). The summed E-state index contributed by atoms with van der Waals surface area (Å²) in [5, 5.41) is 3.34. The number of hydrogen-bond acceptors (Lipinski definition) is 5. The van der Waals surface area contributed by atoms with Crippen molar-refractivity contribution in [1.29, 1.82) is 0 Å². The lowest BCUT2D eigenvalue weighted by Gasteiger charge is -2.22. The minimum atomic E-state index is -0.423. The molecule has 5 nitrogen and oxygen atoms in total. The number of nitrogens with one attached hydrogen (secondary N) is 1. The zero-order chi connectivity index (χ0) is 14.1. The average molecular weight is 275 g/mol. The van der Waals surface area contributed by atoms with E-state index in [1.807, 2.05) is 0 Å². The van der Waals surface area contributed by atoms with Crippen LogP contribution in [0, 0.1) is 17.8 Å². The Balaban J connectivity index is 1.64. The second-order valence-electron chi connectivity index (χ2n) is 5.96. The molecule has 1 aromatic rings. The van der Waals surface area contributed by atoms with Gasteiger partial charge >= 0.3 is 5.97 Å². The molecule has 0 aliphatic heterocycles. The molecule has 2 aliphatic rings. The summed E-state index contributed by atoms with van der Waals surface area (Å²) in [5.74, 6) is 2.84. The highest BCUT2D eigenvalue weighted by Gasteiger charge is 2.39. The summed E-state index contributed by atoms with van der Waals surface area (Å²) in [6, 6.07) is 1.67. The number of nitrogens with zero attached hydrogens (tertiary/aromatic N) is 1. The molecule has 0 amide bonds. The number of nitrogens with two attached hydrogens (primary N) is 1. The Bertz CT molecular complexity index is 518. The number of anilines is 2. The molecule has 3 atom stereocenters. The Morgan fingerprint density at radius 1 is 1.50 bits per heavy atom. The van der Waals surface area contributed by atoms with Crippen LogP contribution in [0.4, 0.5) is 11.5 Å². The van der Waals surface area contributed by atoms with Crippen molar-refractivity contribution >= 4 is 17.5 Å². The maximum absolute atomic E-state index is 11.6. The van der Waals surface area contributed by atoms with E-state index in [1.165, 1.54) is 39.0 Å². The van der Waals surface area contributed by atoms with E-state index in [0.29, 0.717) is 17.1 Å². The zero-order valence-electron chi connectivity index (χ0n) is 11.8. The number of carbonyl (C=O) groups excluding carboxylic acids is 1. The van der Waals surface area contributed by atoms with Crippen molar-refractivity contribution in [2.24, 2.45) is 17.8 Å². The van der Waals surface area contributed by atoms with E-state index >= 15 is 0 Å². The summed E-state index contributed by atoms with van der Waals surface area (Å²) in [6.45, 7) is 0.929. The number of carbonyl (C=O) groups is 1. The Morgan fingerprint density at radius 3 is 3.00 bits per heavy atom. The molecule has 2 bridgehead atoms. The third-order valence-electron chi connectivity index (χ3n) is 4.77. The number of nitrogen functional groups attached to an aromatic ring is 1. The Kier molecular flexibility index (Phi) is 3.51. The van der Waals surface area contributed by atoms with Crippen LogP contribution in [0.3, 0.4) is 0 Å². The summed E-state index contributed by atoms with van der Waals surface area (Å²) >= 11 is 0. The van der Waals surface area contributed by atoms with E-state index in [0.717, 1.165) is 24.3 Å². The van der Waals surface area contributed by atoms with Crippen molar-refractivity contribution in [3.63, 3.8) is 0 Å². The summed E-state index contributed by atoms with van der Waals surface area (Å²) in [7, 11) is 1.35. The first kappa shape index (κ1) is 13.2. The fourth-order valence-corrected chi connectivity index (χ4v) is 3.71. The fourth-order valence-electron chi connectivity index (χ4n) is 3.71. The minimum Gasteiger partial charge on any atom is -0.465 e. The number of hydrogen-bond donors (Lipinski definition) is 2. The number of pyridine rings is 1. The van der Waals surface area contributed by atoms with Gasteiger partial charge in [-0.15, -0.1) is 0 Å². The van der Waals surface area contributed by atoms with Crippen LogP contribution in [-0.4, -0.2) is 24.6 Å². The van der Waals surface area contributed by atoms with Gasteiger partial charge in [-0.1, -0.05) is 6.42 Å². The van der Waals surface area contributed by atoms with Gasteiger partial charge in [-0.05, 0) is 43.1 Å². The van der Waals surface area contributed by atoms with Crippen LogP contribution >= 0.6 is 0 Å². The zero-order valence-corrected chi connectivity index (χ0v) is 11.8. The van der Waals surface area contributed by atoms with Gasteiger partial charge in [0.15, 0.2) is 0 Å². The summed E-state index contributed by atoms with van der Waals surface area (Å²) < 4.78 is 4.72. The molecule has 3 N–H and O–H groups in total. The predicted molar refractivity (Wildman–Crippen MR) is 77.4 cm³/mol. The molecule has 1 aromatic heterocycles. The van der Waals surface area contributed by atoms with E-state index < -0.39 is 5.97 Å². The molecule has 2 saturated carbocycles. The lowest BCUT2D eigenvalue weighted by Crippen LogP contribution is -2.20. The third-order valence-corrected chi connectivity index (χ3v) is 4.77. The molecule has 2 fully saturated rings. The second kappa shape index (κ2) is 5.31. The first-order chi connectivity index (χ1) is 9.67. The van der Waals surface area contributed by atoms with Gasteiger partial charge in [0.05, 0.1) is 24.6 Å². The topological polar surface area (TPSA) is 77.2 Å². The number of ether oxygens (including phenoxy) is 1. The van der Waals surface area contributed by atoms with Gasteiger partial charge in [0.2, 0.25) is 0 Å². The van der Waals surface area contributed by atoms with Crippen LogP contribution in [-0.2, 0) is 4.74 Å². The SMILES string of the molecule is COC(=O)c1cc(NCC2CC3CCC2C3)ncc1N. The monoisotopic (exact) mass is 275 g/mol. The van der Waals surface area contributed by atoms with E-state index in [4.69, 9.17) is 10.5 Å². The Hall–Kier alpha value is -1.78. The standard InChI is InChI=1S/C15H21N3O2/c1-20-15(19)12-6-14(18-8-13(12)16)17-7-11-5-9-2-3-10(11)4-9/h6,8-11H,2-5,7,16H2,1H3,(H,17,18). The van der Waals surface area contributed by atoms with Gasteiger partial charge < -0.3 is 15.8 Å². The molecule has 0 spiro atoms. The van der Waals surface area contributed by atoms with E-state index in [-0.39, 0.29) is 0 Å². The smallest absolute Gasteiger partial charge is 0.340 e. The van der Waals surface area contributed by atoms with Gasteiger partial charge in [-0.25, -0.2) is 9.78 Å². The van der Waals surface area contributed by atoms with E-state index in [2.05, 4.69) is 10.3 Å². The number of aromatic nitrogens is 1. The lowest BCUT2D eigenvalue weighted by molar-refractivity contribution is 0.0602. The van der Waals surface area contributed by atoms with Gasteiger partial charge in [-0.2, -0.15) is 0 Å². The fraction of sp³-hybridized carbons (Fsp3) is 0.600. The molecule has 1 heterocycles. The molecule has 0 saturated heterocycles. The highest BCUT2D eigenvalue weighted by Crippen LogP contribution is 2.48. The van der Waals surface area contributed by atoms with Gasteiger partial charge in [0, 0.05) is 6.54 Å². The van der Waals surface area contributed by atoms with E-state index in [1.54, 1.807) is 6.07 Å². The van der Waals surface area contributed by atoms with Crippen LogP contribution in [0.1, 0.15) is 36.0 Å². The second-order valence-corrected chi connectivity index (χ2v) is 5.96. The quantitative estimate of drug-likeness (QED) is 0.824. The molecular weight excluding hydrogens is 254 g/mol. The van der Waals surface area contributed by atoms with Gasteiger partial charge in [-0.3, -0.25) is 0 Å². The maximum Gasteiger partial charge on any atom is 0.340 e. The summed E-state index contributed by atoms with van der Waals surface area (Å²) in [6.07, 6.45) is 7.02. The van der Waals surface area contributed by atoms with Crippen LogP contribution < -0.4 is 11.1 Å². The van der Waals surface area contributed by atoms with Crippen molar-refractivity contribution in [3.8, 4) is 0 Å². The molecular formula is C15H21N3O2. The first-order valence-electron chi connectivity index (χ1n) is 7.25. The number of rotatable bonds is 4. The number of methoxy groups -OCH3 is 1. The van der Waals surface area contributed by atoms with Crippen LogP contribution in [0.25, 0.3) is 0 Å². The van der Waals surface area contributed by atoms with Crippen molar-refractivity contribution in [3.05, 3.63) is 17.8 Å². The summed E-state index contributed by atoms with van der Waals surface area (Å²) in [5.41, 5.74) is 6.46. The summed E-state index contributed by atoms with van der Waals surface area (Å²) in [4.78, 5) is 15.8. The van der Waals surface area contributed by atoms with Crippen molar-refractivity contribution in [2.45, 2.75) is 25.7 Å². The molecule has 108 valence electrons. The largest absolute Gasteiger partial charge is 0.465 e. The molecule has 2 aliphatic carbocycles. The highest BCUT2D eigenvalue weighted by atomic mass is 16.5. The van der Waals surface area contributed by atoms with Crippen molar-refractivity contribution < 1.29 is 9.53 Å². The number of fused-ring (bicyclic) bond motifs is 2. The van der Waals surface area contributed by atoms with Crippen LogP contribution in [0.5, 0.6) is 0 Å². The Morgan fingerprint density at radius 2 is 2.35 bits per heavy atom. The highest BCUT2D eigenvalue weighted by molar-refractivity contribution is 5.95. The molecule has 3 unspecified atom stereocenters. The molecule has 20 heavy (non-hydrogen) atoms.